The average molecular weight is 386 g/mol. The smallest absolute Gasteiger partial charge is 0.282 e. The number of carbonyl (C=O) groups is 2. The molecule has 0 aliphatic carbocycles. The Balaban J connectivity index is 1.91. The summed E-state index contributed by atoms with van der Waals surface area (Å²) in [5.41, 5.74) is 2.37. The number of hydrogen-bond acceptors (Lipinski definition) is 3. The summed E-state index contributed by atoms with van der Waals surface area (Å²) in [5, 5.41) is 0. The number of likely N-dealkylation sites (N-methyl/N-ethyl adjacent to an activating group) is 1. The lowest BCUT2D eigenvalue weighted by molar-refractivity contribution is -0.120. The molecule has 3 aromatic rings. The van der Waals surface area contributed by atoms with Crippen molar-refractivity contribution in [1.82, 2.24) is 0 Å². The second-order valence-corrected chi connectivity index (χ2v) is 6.59. The quantitative estimate of drug-likeness (QED) is 0.600. The number of carbonyl (C=O) groups excluding carboxylic acids is 2. The van der Waals surface area contributed by atoms with Gasteiger partial charge in [0, 0.05) is 12.2 Å². The predicted molar refractivity (Wildman–Crippen MR) is 112 cm³/mol. The molecule has 144 valence electrons. The Labute approximate surface area is 168 Å². The van der Waals surface area contributed by atoms with Crippen LogP contribution >= 0.6 is 0 Å². The topological polar surface area (TPSA) is 40.6 Å². The van der Waals surface area contributed by atoms with E-state index in [0.717, 1.165) is 5.69 Å². The molecule has 0 N–H and O–H groups in total. The second-order valence-electron chi connectivity index (χ2n) is 6.59. The Morgan fingerprint density at radius 2 is 1.38 bits per heavy atom. The van der Waals surface area contributed by atoms with Crippen molar-refractivity contribution in [2.45, 2.75) is 6.92 Å². The van der Waals surface area contributed by atoms with Gasteiger partial charge < -0.3 is 4.90 Å². The number of imide groups is 1. The molecule has 0 unspecified atom stereocenters. The molecule has 4 nitrogen and oxygen atoms in total. The lowest BCUT2D eigenvalue weighted by Crippen LogP contribution is -2.35. The zero-order chi connectivity index (χ0) is 20.4. The molecule has 0 bridgehead atoms. The van der Waals surface area contributed by atoms with Crippen LogP contribution in [0.3, 0.4) is 0 Å². The van der Waals surface area contributed by atoms with Gasteiger partial charge in [0.2, 0.25) is 0 Å². The fraction of sp³-hybridized carbons (Fsp3) is 0.0833. The number of para-hydroxylation sites is 2. The lowest BCUT2D eigenvalue weighted by atomic mass is 10.0. The van der Waals surface area contributed by atoms with Crippen LogP contribution in [-0.4, -0.2) is 18.4 Å². The molecular weight excluding hydrogens is 367 g/mol. The summed E-state index contributed by atoms with van der Waals surface area (Å²) in [6.45, 7) is 2.41. The largest absolute Gasteiger partial charge is 0.337 e. The van der Waals surface area contributed by atoms with E-state index in [1.165, 1.54) is 29.2 Å². The first kappa shape index (κ1) is 18.6. The van der Waals surface area contributed by atoms with Crippen molar-refractivity contribution < 1.29 is 14.0 Å². The van der Waals surface area contributed by atoms with Crippen LogP contribution < -0.4 is 9.80 Å². The monoisotopic (exact) mass is 386 g/mol. The summed E-state index contributed by atoms with van der Waals surface area (Å²) in [7, 11) is 0. The van der Waals surface area contributed by atoms with E-state index in [9.17, 15) is 14.0 Å². The van der Waals surface area contributed by atoms with Crippen molar-refractivity contribution in [3.63, 3.8) is 0 Å². The molecule has 0 spiro atoms. The minimum Gasteiger partial charge on any atom is -0.337 e. The highest BCUT2D eigenvalue weighted by Crippen LogP contribution is 2.36. The Kier molecular flexibility index (Phi) is 4.96. The Bertz CT molecular complexity index is 1080. The zero-order valence-corrected chi connectivity index (χ0v) is 15.9. The molecule has 0 saturated heterocycles. The molecule has 2 amide bonds. The van der Waals surface area contributed by atoms with E-state index in [4.69, 9.17) is 0 Å². The van der Waals surface area contributed by atoms with Gasteiger partial charge in [0.05, 0.1) is 11.3 Å². The van der Waals surface area contributed by atoms with Crippen LogP contribution in [0.2, 0.25) is 0 Å². The normalized spacial score (nSPS) is 13.9. The van der Waals surface area contributed by atoms with Crippen LogP contribution in [0.1, 0.15) is 12.5 Å². The maximum Gasteiger partial charge on any atom is 0.282 e. The summed E-state index contributed by atoms with van der Waals surface area (Å²) in [4.78, 5) is 29.9. The third kappa shape index (κ3) is 3.31. The average Bonchev–Trinajstić information content (AvgIpc) is 3.01. The maximum atomic E-state index is 13.5. The minimum absolute atomic E-state index is 0.268. The van der Waals surface area contributed by atoms with Gasteiger partial charge in [-0.15, -0.1) is 0 Å². The van der Waals surface area contributed by atoms with Crippen LogP contribution in [0.25, 0.3) is 5.57 Å². The number of hydrogen-bond donors (Lipinski definition) is 0. The first-order valence-electron chi connectivity index (χ1n) is 9.38. The van der Waals surface area contributed by atoms with Gasteiger partial charge in [0.15, 0.2) is 0 Å². The highest BCUT2D eigenvalue weighted by molar-refractivity contribution is 6.46. The van der Waals surface area contributed by atoms with E-state index in [1.54, 1.807) is 24.3 Å². The van der Waals surface area contributed by atoms with Crippen LogP contribution in [0, 0.1) is 5.82 Å². The molecule has 0 aromatic heterocycles. The highest BCUT2D eigenvalue weighted by Gasteiger charge is 2.42. The lowest BCUT2D eigenvalue weighted by Gasteiger charge is -2.24. The van der Waals surface area contributed by atoms with E-state index in [2.05, 4.69) is 0 Å². The van der Waals surface area contributed by atoms with Gasteiger partial charge in [0.1, 0.15) is 11.5 Å². The molecule has 29 heavy (non-hydrogen) atoms. The number of benzene rings is 3. The molecule has 4 rings (SSSR count). The zero-order valence-electron chi connectivity index (χ0n) is 15.9. The summed E-state index contributed by atoms with van der Waals surface area (Å²) in [6.07, 6.45) is 0. The second kappa shape index (κ2) is 7.72. The highest BCUT2D eigenvalue weighted by atomic mass is 19.1. The molecule has 0 fully saturated rings. The standard InChI is InChI=1S/C24H19FN2O2/c1-2-26(19-9-5-3-6-10-19)22-21(17-13-15-18(25)16-14-17)23(28)27(24(22)29)20-11-7-4-8-12-20/h3-16H,2H2,1H3. The fourth-order valence-electron chi connectivity index (χ4n) is 3.53. The molecule has 5 heteroatoms. The van der Waals surface area contributed by atoms with E-state index in [0.29, 0.717) is 23.5 Å². The fourth-order valence-corrected chi connectivity index (χ4v) is 3.53. The van der Waals surface area contributed by atoms with Crippen LogP contribution in [0.4, 0.5) is 15.8 Å². The van der Waals surface area contributed by atoms with E-state index >= 15 is 0 Å². The minimum atomic E-state index is -0.419. The molecule has 1 aliphatic heterocycles. The number of rotatable bonds is 5. The summed E-state index contributed by atoms with van der Waals surface area (Å²) < 4.78 is 13.5. The Morgan fingerprint density at radius 1 is 0.793 bits per heavy atom. The first-order chi connectivity index (χ1) is 14.1. The molecule has 3 aromatic carbocycles. The first-order valence-corrected chi connectivity index (χ1v) is 9.38. The molecule has 0 atom stereocenters. The van der Waals surface area contributed by atoms with Crippen molar-refractivity contribution in [2.75, 3.05) is 16.3 Å². The molecule has 0 radical (unpaired) electrons. The van der Waals surface area contributed by atoms with Gasteiger partial charge in [-0.2, -0.15) is 0 Å². The number of nitrogens with zero attached hydrogens (tertiary/aromatic N) is 2. The van der Waals surface area contributed by atoms with E-state index in [1.807, 2.05) is 48.2 Å². The molecule has 1 heterocycles. The Morgan fingerprint density at radius 3 is 1.97 bits per heavy atom. The van der Waals surface area contributed by atoms with Crippen molar-refractivity contribution in [2.24, 2.45) is 0 Å². The van der Waals surface area contributed by atoms with Gasteiger partial charge >= 0.3 is 0 Å². The van der Waals surface area contributed by atoms with Gasteiger partial charge in [-0.1, -0.05) is 48.5 Å². The summed E-state index contributed by atoms with van der Waals surface area (Å²) >= 11 is 0. The van der Waals surface area contributed by atoms with E-state index in [-0.39, 0.29) is 5.57 Å². The van der Waals surface area contributed by atoms with Crippen molar-refractivity contribution in [3.05, 3.63) is 102 Å². The molecule has 0 saturated carbocycles. The van der Waals surface area contributed by atoms with Gasteiger partial charge in [-0.25, -0.2) is 9.29 Å². The van der Waals surface area contributed by atoms with Crippen molar-refractivity contribution >= 4 is 28.8 Å². The summed E-state index contributed by atoms with van der Waals surface area (Å²) in [5.74, 6) is -1.22. The predicted octanol–water partition coefficient (Wildman–Crippen LogP) is 4.64. The number of anilines is 2. The summed E-state index contributed by atoms with van der Waals surface area (Å²) in [6, 6.07) is 23.9. The van der Waals surface area contributed by atoms with Gasteiger partial charge in [0.25, 0.3) is 11.8 Å². The third-order valence-corrected chi connectivity index (χ3v) is 4.86. The molecule has 1 aliphatic rings. The van der Waals surface area contributed by atoms with Gasteiger partial charge in [-0.3, -0.25) is 9.59 Å². The maximum absolute atomic E-state index is 13.5. The third-order valence-electron chi connectivity index (χ3n) is 4.86. The number of halogens is 1. The molecular formula is C24H19FN2O2. The van der Waals surface area contributed by atoms with Crippen LogP contribution in [0.5, 0.6) is 0 Å². The van der Waals surface area contributed by atoms with E-state index < -0.39 is 17.6 Å². The van der Waals surface area contributed by atoms with Crippen molar-refractivity contribution in [3.8, 4) is 0 Å². The number of amides is 2. The van der Waals surface area contributed by atoms with Crippen molar-refractivity contribution in [1.29, 1.82) is 0 Å². The van der Waals surface area contributed by atoms with Crippen LogP contribution in [0.15, 0.2) is 90.6 Å². The SMILES string of the molecule is CCN(C1=C(c2ccc(F)cc2)C(=O)N(c2ccccc2)C1=O)c1ccccc1. The Hall–Kier alpha value is -3.73. The van der Waals surface area contributed by atoms with Gasteiger partial charge in [-0.05, 0) is 48.9 Å². The van der Waals surface area contributed by atoms with Crippen LogP contribution in [-0.2, 0) is 9.59 Å².